The average molecular weight is 361 g/mol. The van der Waals surface area contributed by atoms with Gasteiger partial charge in [-0.15, -0.1) is 0 Å². The van der Waals surface area contributed by atoms with E-state index in [-0.39, 0.29) is 11.8 Å². The topological polar surface area (TPSA) is 113 Å². The van der Waals surface area contributed by atoms with Gasteiger partial charge >= 0.3 is 0 Å². The van der Waals surface area contributed by atoms with Crippen molar-refractivity contribution in [2.45, 2.75) is 50.7 Å². The molecule has 0 fully saturated rings. The number of unbranched alkanes of at least 4 members (excludes halogenated alkanes) is 1. The molecule has 1 aromatic carbocycles. The van der Waals surface area contributed by atoms with Gasteiger partial charge in [0.1, 0.15) is 6.04 Å². The van der Waals surface area contributed by atoms with E-state index in [0.29, 0.717) is 25.8 Å². The molecule has 0 unspecified atom stereocenters. The van der Waals surface area contributed by atoms with Crippen LogP contribution < -0.4 is 21.7 Å². The van der Waals surface area contributed by atoms with Crippen LogP contribution in [0, 0.1) is 0 Å². The Hall–Kier alpha value is -2.25. The van der Waals surface area contributed by atoms with Crippen LogP contribution in [0.2, 0.25) is 0 Å². The van der Waals surface area contributed by atoms with Gasteiger partial charge in [0.15, 0.2) is 0 Å². The molecule has 1 aromatic rings. The average Bonchev–Trinajstić information content (AvgIpc) is 2.65. The second kappa shape index (κ2) is 12.2. The summed E-state index contributed by atoms with van der Waals surface area (Å²) in [5.41, 5.74) is 6.52. The predicted molar refractivity (Wildman–Crippen MR) is 101 cm³/mol. The highest BCUT2D eigenvalue weighted by Gasteiger charge is 2.25. The van der Waals surface area contributed by atoms with E-state index < -0.39 is 18.1 Å². The largest absolute Gasteiger partial charge is 0.344 e. The van der Waals surface area contributed by atoms with Crippen LogP contribution in [0.25, 0.3) is 0 Å². The summed E-state index contributed by atoms with van der Waals surface area (Å²) in [6.45, 7) is 2.06. The minimum absolute atomic E-state index is 0.257. The summed E-state index contributed by atoms with van der Waals surface area (Å²) in [6.07, 6.45) is 4.15. The Kier molecular flexibility index (Phi) is 10.2. The zero-order valence-electron chi connectivity index (χ0n) is 15.5. The van der Waals surface area contributed by atoms with Crippen molar-refractivity contribution < 1.29 is 14.4 Å². The zero-order valence-corrected chi connectivity index (χ0v) is 15.5. The van der Waals surface area contributed by atoms with E-state index in [2.05, 4.69) is 16.0 Å². The first-order valence-corrected chi connectivity index (χ1v) is 8.91. The number of hydrogen-bond acceptors (Lipinski definition) is 5. The SMILES string of the molecule is CN[C@@H](Cc1ccccc1)C(=O)N[C@@H](CCCCN)C(=O)N[C@@H](C)[C]=O. The zero-order chi connectivity index (χ0) is 19.4. The highest BCUT2D eigenvalue weighted by atomic mass is 16.2. The van der Waals surface area contributed by atoms with Gasteiger partial charge in [-0.1, -0.05) is 30.3 Å². The highest BCUT2D eigenvalue weighted by Crippen LogP contribution is 2.06. The van der Waals surface area contributed by atoms with Crippen LogP contribution in [0.1, 0.15) is 31.7 Å². The lowest BCUT2D eigenvalue weighted by Gasteiger charge is -2.23. The molecule has 2 amide bonds. The molecule has 0 saturated heterocycles. The molecule has 1 rings (SSSR count). The molecule has 0 aromatic heterocycles. The molecule has 0 aliphatic heterocycles. The second-order valence-electron chi connectivity index (χ2n) is 6.22. The quantitative estimate of drug-likeness (QED) is 0.393. The third-order valence-corrected chi connectivity index (χ3v) is 4.06. The van der Waals surface area contributed by atoms with Crippen LogP contribution in [-0.2, 0) is 20.8 Å². The molecule has 0 aliphatic rings. The van der Waals surface area contributed by atoms with Crippen LogP contribution in [0.15, 0.2) is 30.3 Å². The maximum absolute atomic E-state index is 12.6. The van der Waals surface area contributed by atoms with Gasteiger partial charge in [-0.3, -0.25) is 14.4 Å². The molecule has 0 saturated carbocycles. The number of rotatable bonds is 12. The maximum atomic E-state index is 12.6. The number of carbonyl (C=O) groups excluding carboxylic acids is 3. The van der Waals surface area contributed by atoms with Crippen molar-refractivity contribution in [2.24, 2.45) is 5.73 Å². The summed E-state index contributed by atoms with van der Waals surface area (Å²) in [6, 6.07) is 7.76. The van der Waals surface area contributed by atoms with E-state index in [1.807, 2.05) is 30.3 Å². The molecule has 0 spiro atoms. The minimum Gasteiger partial charge on any atom is -0.344 e. The van der Waals surface area contributed by atoms with Gasteiger partial charge in [-0.05, 0) is 51.8 Å². The van der Waals surface area contributed by atoms with E-state index in [1.54, 1.807) is 13.3 Å². The first kappa shape index (κ1) is 21.8. The summed E-state index contributed by atoms with van der Waals surface area (Å²) in [5.74, 6) is -0.646. The highest BCUT2D eigenvalue weighted by molar-refractivity contribution is 5.90. The summed E-state index contributed by atoms with van der Waals surface area (Å²) < 4.78 is 0. The van der Waals surface area contributed by atoms with E-state index in [0.717, 1.165) is 12.0 Å². The van der Waals surface area contributed by atoms with Crippen molar-refractivity contribution in [1.29, 1.82) is 0 Å². The Morgan fingerprint density at radius 3 is 2.31 bits per heavy atom. The lowest BCUT2D eigenvalue weighted by molar-refractivity contribution is -0.130. The van der Waals surface area contributed by atoms with Crippen LogP contribution in [0.3, 0.4) is 0 Å². The predicted octanol–water partition coefficient (Wildman–Crippen LogP) is 0.0453. The van der Waals surface area contributed by atoms with Crippen LogP contribution in [-0.4, -0.2) is 49.8 Å². The van der Waals surface area contributed by atoms with Gasteiger partial charge in [0.25, 0.3) is 0 Å². The first-order chi connectivity index (χ1) is 12.5. The van der Waals surface area contributed by atoms with Crippen molar-refractivity contribution in [3.05, 3.63) is 35.9 Å². The Morgan fingerprint density at radius 2 is 1.73 bits per heavy atom. The van der Waals surface area contributed by atoms with Gasteiger partial charge in [-0.25, -0.2) is 0 Å². The smallest absolute Gasteiger partial charge is 0.243 e. The number of likely N-dealkylation sites (N-methyl/N-ethyl adjacent to an activating group) is 1. The van der Waals surface area contributed by atoms with Gasteiger partial charge in [0.2, 0.25) is 18.1 Å². The number of nitrogens with one attached hydrogen (secondary N) is 3. The van der Waals surface area contributed by atoms with Crippen molar-refractivity contribution in [1.82, 2.24) is 16.0 Å². The van der Waals surface area contributed by atoms with Gasteiger partial charge < -0.3 is 21.7 Å². The summed E-state index contributed by atoms with van der Waals surface area (Å²) in [5, 5.41) is 8.32. The monoisotopic (exact) mass is 361 g/mol. The maximum Gasteiger partial charge on any atom is 0.243 e. The molecule has 26 heavy (non-hydrogen) atoms. The molecule has 5 N–H and O–H groups in total. The first-order valence-electron chi connectivity index (χ1n) is 8.91. The summed E-state index contributed by atoms with van der Waals surface area (Å²) >= 11 is 0. The van der Waals surface area contributed by atoms with E-state index in [1.165, 1.54) is 6.92 Å². The van der Waals surface area contributed by atoms with Crippen molar-refractivity contribution in [3.8, 4) is 0 Å². The van der Waals surface area contributed by atoms with E-state index >= 15 is 0 Å². The molecule has 0 aliphatic carbocycles. The van der Waals surface area contributed by atoms with Crippen molar-refractivity contribution in [3.63, 3.8) is 0 Å². The summed E-state index contributed by atoms with van der Waals surface area (Å²) in [4.78, 5) is 35.6. The Bertz CT molecular complexity index is 565. The normalized spacial score (nSPS) is 14.1. The molecule has 0 bridgehead atoms. The van der Waals surface area contributed by atoms with Crippen LogP contribution >= 0.6 is 0 Å². The number of benzene rings is 1. The second-order valence-corrected chi connectivity index (χ2v) is 6.22. The molecule has 1 radical (unpaired) electrons. The Labute approximate surface area is 155 Å². The van der Waals surface area contributed by atoms with Gasteiger partial charge in [0.05, 0.1) is 12.1 Å². The fourth-order valence-corrected chi connectivity index (χ4v) is 2.55. The number of carbonyl (C=O) groups is 2. The lowest BCUT2D eigenvalue weighted by Crippen LogP contribution is -2.54. The molecule has 0 heterocycles. The number of hydrogen-bond donors (Lipinski definition) is 4. The third kappa shape index (κ3) is 7.76. The van der Waals surface area contributed by atoms with Gasteiger partial charge in [-0.2, -0.15) is 0 Å². The van der Waals surface area contributed by atoms with E-state index in [9.17, 15) is 14.4 Å². The minimum atomic E-state index is -0.721. The molecule has 7 heteroatoms. The Balaban J connectivity index is 2.73. The summed E-state index contributed by atoms with van der Waals surface area (Å²) in [7, 11) is 1.71. The standard InChI is InChI=1S/C19H29N4O3/c1-14(13-24)22-18(25)16(10-6-7-11-20)23-19(26)17(21-2)12-15-8-4-3-5-9-15/h3-5,8-9,14,16-17,21H,6-7,10-12,20H2,1-2H3,(H,22,25)(H,23,26)/t14-,16-,17-/m0/s1. The fraction of sp³-hybridized carbons (Fsp3) is 0.526. The Morgan fingerprint density at radius 1 is 1.08 bits per heavy atom. The van der Waals surface area contributed by atoms with Gasteiger partial charge in [0, 0.05) is 0 Å². The van der Waals surface area contributed by atoms with Crippen molar-refractivity contribution in [2.75, 3.05) is 13.6 Å². The third-order valence-electron chi connectivity index (χ3n) is 4.06. The van der Waals surface area contributed by atoms with Crippen molar-refractivity contribution >= 4 is 18.1 Å². The molecular weight excluding hydrogens is 332 g/mol. The number of nitrogens with two attached hydrogens (primary N) is 1. The lowest BCUT2D eigenvalue weighted by atomic mass is 10.0. The number of amides is 2. The van der Waals surface area contributed by atoms with E-state index in [4.69, 9.17) is 5.73 Å². The molecule has 7 nitrogen and oxygen atoms in total. The fourth-order valence-electron chi connectivity index (χ4n) is 2.55. The van der Waals surface area contributed by atoms with Crippen LogP contribution in [0.4, 0.5) is 0 Å². The van der Waals surface area contributed by atoms with Crippen LogP contribution in [0.5, 0.6) is 0 Å². The molecule has 143 valence electrons. The molecular formula is C19H29N4O3. The molecule has 3 atom stereocenters.